The summed E-state index contributed by atoms with van der Waals surface area (Å²) in [5.41, 5.74) is 0. The Labute approximate surface area is 31.2 Å². The standard InChI is InChI=1S/C3H7NO/c1-2-3-5-4/h2-3H,4H2,1H3/b3-2+. The Hall–Kier alpha value is -0.500. The van der Waals surface area contributed by atoms with Crippen molar-refractivity contribution >= 4 is 0 Å². The molecule has 0 aromatic heterocycles. The first-order valence-corrected chi connectivity index (χ1v) is 1.38. The van der Waals surface area contributed by atoms with Crippen LogP contribution in [0.3, 0.4) is 0 Å². The van der Waals surface area contributed by atoms with E-state index in [0.717, 1.165) is 0 Å². The van der Waals surface area contributed by atoms with Gasteiger partial charge in [0.15, 0.2) is 0 Å². The number of hydrogen-bond donors (Lipinski definition) is 1. The molecule has 2 heteroatoms. The molecule has 0 radical (unpaired) electrons. The molecule has 0 spiro atoms. The van der Waals surface area contributed by atoms with Gasteiger partial charge in [-0.05, 0) is 6.92 Å². The summed E-state index contributed by atoms with van der Waals surface area (Å²) in [6.45, 7) is 1.83. The number of allylic oxidation sites excluding steroid dienone is 1. The largest absolute Gasteiger partial charge is 0.420 e. The maximum Gasteiger partial charge on any atom is 0.106 e. The van der Waals surface area contributed by atoms with Crippen molar-refractivity contribution in [2.75, 3.05) is 0 Å². The third-order valence-corrected chi connectivity index (χ3v) is 0.215. The molecule has 0 bridgehead atoms. The molecule has 0 aliphatic carbocycles. The van der Waals surface area contributed by atoms with Gasteiger partial charge in [0.1, 0.15) is 6.26 Å². The average Bonchev–Trinajstić information content (AvgIpc) is 1.41. The molecule has 30 valence electrons. The fraction of sp³-hybridized carbons (Fsp3) is 0.333. The van der Waals surface area contributed by atoms with Gasteiger partial charge in [-0.2, -0.15) is 5.90 Å². The average molecular weight is 73.1 g/mol. The zero-order chi connectivity index (χ0) is 4.12. The van der Waals surface area contributed by atoms with Crippen LogP contribution in [0.4, 0.5) is 0 Å². The van der Waals surface area contributed by atoms with E-state index in [4.69, 9.17) is 0 Å². The Morgan fingerprint density at radius 1 is 1.80 bits per heavy atom. The summed E-state index contributed by atoms with van der Waals surface area (Å²) in [5.74, 6) is 4.55. The van der Waals surface area contributed by atoms with Crippen LogP contribution in [0.2, 0.25) is 0 Å². The third-order valence-electron chi connectivity index (χ3n) is 0.215. The predicted molar refractivity (Wildman–Crippen MR) is 20.1 cm³/mol. The van der Waals surface area contributed by atoms with Gasteiger partial charge in [-0.1, -0.05) is 6.08 Å². The Morgan fingerprint density at radius 2 is 2.40 bits per heavy atom. The van der Waals surface area contributed by atoms with Gasteiger partial charge in [0.2, 0.25) is 0 Å². The summed E-state index contributed by atoms with van der Waals surface area (Å²) in [5, 5.41) is 0. The second-order valence-electron chi connectivity index (χ2n) is 0.605. The maximum absolute atomic E-state index is 4.55. The normalized spacial score (nSPS) is 9.20. The van der Waals surface area contributed by atoms with E-state index in [-0.39, 0.29) is 0 Å². The molecule has 0 fully saturated rings. The summed E-state index contributed by atoms with van der Waals surface area (Å²) in [4.78, 5) is 4.01. The van der Waals surface area contributed by atoms with E-state index in [1.165, 1.54) is 6.26 Å². The fourth-order valence-electron chi connectivity index (χ4n) is 0.0786. The van der Waals surface area contributed by atoms with Crippen LogP contribution in [-0.4, -0.2) is 0 Å². The van der Waals surface area contributed by atoms with E-state index in [2.05, 4.69) is 10.7 Å². The highest BCUT2D eigenvalue weighted by atomic mass is 16.6. The second-order valence-corrected chi connectivity index (χ2v) is 0.605. The quantitative estimate of drug-likeness (QED) is 0.360. The summed E-state index contributed by atoms with van der Waals surface area (Å²) in [6, 6.07) is 0. The Kier molecular flexibility index (Phi) is 3.15. The summed E-state index contributed by atoms with van der Waals surface area (Å²) < 4.78 is 0. The van der Waals surface area contributed by atoms with Crippen molar-refractivity contribution in [1.29, 1.82) is 0 Å². The molecule has 0 saturated carbocycles. The van der Waals surface area contributed by atoms with Gasteiger partial charge < -0.3 is 4.84 Å². The molecule has 0 aromatic rings. The smallest absolute Gasteiger partial charge is 0.106 e. The van der Waals surface area contributed by atoms with Crippen molar-refractivity contribution < 1.29 is 4.84 Å². The van der Waals surface area contributed by atoms with Gasteiger partial charge in [-0.3, -0.25) is 0 Å². The van der Waals surface area contributed by atoms with Gasteiger partial charge in [0, 0.05) is 0 Å². The molecular formula is C3H7NO. The van der Waals surface area contributed by atoms with Crippen LogP contribution < -0.4 is 5.90 Å². The van der Waals surface area contributed by atoms with Crippen LogP contribution >= 0.6 is 0 Å². The monoisotopic (exact) mass is 73.1 g/mol. The fourth-order valence-corrected chi connectivity index (χ4v) is 0.0786. The Balaban J connectivity index is 2.62. The van der Waals surface area contributed by atoms with Crippen LogP contribution in [0, 0.1) is 0 Å². The zero-order valence-corrected chi connectivity index (χ0v) is 3.14. The zero-order valence-electron chi connectivity index (χ0n) is 3.14. The van der Waals surface area contributed by atoms with E-state index in [0.29, 0.717) is 0 Å². The minimum absolute atomic E-state index is 1.40. The van der Waals surface area contributed by atoms with Crippen LogP contribution in [0.5, 0.6) is 0 Å². The first-order chi connectivity index (χ1) is 2.41. The highest BCUT2D eigenvalue weighted by molar-refractivity contribution is 4.62. The first kappa shape index (κ1) is 4.50. The second kappa shape index (κ2) is 3.50. The molecule has 0 saturated heterocycles. The SMILES string of the molecule is C/C=C/ON. The van der Waals surface area contributed by atoms with E-state index in [1.54, 1.807) is 6.08 Å². The van der Waals surface area contributed by atoms with E-state index < -0.39 is 0 Å². The number of nitrogens with two attached hydrogens (primary N) is 1. The Morgan fingerprint density at radius 3 is 2.40 bits per heavy atom. The summed E-state index contributed by atoms with van der Waals surface area (Å²) in [6.07, 6.45) is 3.11. The van der Waals surface area contributed by atoms with E-state index in [1.807, 2.05) is 6.92 Å². The molecular weight excluding hydrogens is 66.0 g/mol. The molecule has 0 aliphatic heterocycles. The van der Waals surface area contributed by atoms with Crippen LogP contribution in [-0.2, 0) is 4.84 Å². The van der Waals surface area contributed by atoms with Crippen molar-refractivity contribution in [3.8, 4) is 0 Å². The molecule has 5 heavy (non-hydrogen) atoms. The molecule has 0 unspecified atom stereocenters. The summed E-state index contributed by atoms with van der Waals surface area (Å²) >= 11 is 0. The molecule has 0 rings (SSSR count). The van der Waals surface area contributed by atoms with E-state index >= 15 is 0 Å². The van der Waals surface area contributed by atoms with Gasteiger partial charge in [-0.25, -0.2) is 0 Å². The van der Waals surface area contributed by atoms with Crippen molar-refractivity contribution in [1.82, 2.24) is 0 Å². The molecule has 2 nitrogen and oxygen atoms in total. The molecule has 0 heterocycles. The lowest BCUT2D eigenvalue weighted by molar-refractivity contribution is 0.260. The molecule has 0 aliphatic rings. The van der Waals surface area contributed by atoms with Gasteiger partial charge >= 0.3 is 0 Å². The van der Waals surface area contributed by atoms with Crippen molar-refractivity contribution in [3.63, 3.8) is 0 Å². The van der Waals surface area contributed by atoms with E-state index in [9.17, 15) is 0 Å². The molecule has 0 amide bonds. The van der Waals surface area contributed by atoms with Gasteiger partial charge in [-0.15, -0.1) is 0 Å². The first-order valence-electron chi connectivity index (χ1n) is 1.38. The highest BCUT2D eigenvalue weighted by Gasteiger charge is 1.47. The number of hydrogen-bond acceptors (Lipinski definition) is 2. The third kappa shape index (κ3) is 3.50. The maximum atomic E-state index is 4.55. The number of rotatable bonds is 1. The van der Waals surface area contributed by atoms with Crippen LogP contribution in [0.25, 0.3) is 0 Å². The summed E-state index contributed by atoms with van der Waals surface area (Å²) in [7, 11) is 0. The van der Waals surface area contributed by atoms with Crippen molar-refractivity contribution in [2.45, 2.75) is 6.92 Å². The Bertz CT molecular complexity index is 33.9. The molecule has 2 N–H and O–H groups in total. The lowest BCUT2D eigenvalue weighted by atomic mass is 10.7. The lowest BCUT2D eigenvalue weighted by Gasteiger charge is -1.76. The van der Waals surface area contributed by atoms with Crippen molar-refractivity contribution in [3.05, 3.63) is 12.3 Å². The minimum Gasteiger partial charge on any atom is -0.420 e. The minimum atomic E-state index is 1.40. The molecule has 0 atom stereocenters. The molecule has 0 aromatic carbocycles. The van der Waals surface area contributed by atoms with Crippen LogP contribution in [0.1, 0.15) is 6.92 Å². The predicted octanol–water partition coefficient (Wildman–Crippen LogP) is 0.410. The van der Waals surface area contributed by atoms with Gasteiger partial charge in [0.25, 0.3) is 0 Å². The van der Waals surface area contributed by atoms with Gasteiger partial charge in [0.05, 0.1) is 0 Å². The highest BCUT2D eigenvalue weighted by Crippen LogP contribution is 1.60. The van der Waals surface area contributed by atoms with Crippen LogP contribution in [0.15, 0.2) is 12.3 Å². The topological polar surface area (TPSA) is 35.2 Å². The lowest BCUT2D eigenvalue weighted by Crippen LogP contribution is -1.86. The van der Waals surface area contributed by atoms with Crippen molar-refractivity contribution in [2.24, 2.45) is 5.90 Å².